The minimum absolute atomic E-state index is 0.127. The molecule has 1 aromatic rings. The SMILES string of the molecule is CCOC(=O)C1CCCCC(=O)Nc2cc(NC(=O)OC)ccc2C2=CCC1=N2. The Bertz CT molecular complexity index is 875. The highest BCUT2D eigenvalue weighted by molar-refractivity contribution is 6.08. The number of benzene rings is 1. The van der Waals surface area contributed by atoms with Crippen LogP contribution in [-0.4, -0.2) is 37.4 Å². The van der Waals surface area contributed by atoms with Crippen molar-refractivity contribution in [2.24, 2.45) is 10.9 Å². The van der Waals surface area contributed by atoms with Crippen LogP contribution in [-0.2, 0) is 19.1 Å². The van der Waals surface area contributed by atoms with Gasteiger partial charge in [-0.05, 0) is 38.0 Å². The molecule has 1 atom stereocenters. The van der Waals surface area contributed by atoms with Crippen molar-refractivity contribution in [3.63, 3.8) is 0 Å². The lowest BCUT2D eigenvalue weighted by Crippen LogP contribution is -2.25. The maximum Gasteiger partial charge on any atom is 0.411 e. The molecular formula is C21H25N3O5. The Morgan fingerprint density at radius 1 is 1.31 bits per heavy atom. The van der Waals surface area contributed by atoms with Crippen LogP contribution in [0, 0.1) is 5.92 Å². The van der Waals surface area contributed by atoms with Gasteiger partial charge >= 0.3 is 12.1 Å². The zero-order chi connectivity index (χ0) is 20.8. The van der Waals surface area contributed by atoms with Gasteiger partial charge in [0.1, 0.15) is 0 Å². The molecule has 3 rings (SSSR count). The van der Waals surface area contributed by atoms with Crippen molar-refractivity contribution in [1.29, 1.82) is 0 Å². The van der Waals surface area contributed by atoms with Crippen LogP contribution in [0.15, 0.2) is 29.3 Å². The van der Waals surface area contributed by atoms with Gasteiger partial charge in [-0.25, -0.2) is 4.79 Å². The summed E-state index contributed by atoms with van der Waals surface area (Å²) in [5.74, 6) is -0.785. The van der Waals surface area contributed by atoms with Gasteiger partial charge in [0.25, 0.3) is 0 Å². The number of fused-ring (bicyclic) bond motifs is 3. The molecule has 0 aromatic heterocycles. The summed E-state index contributed by atoms with van der Waals surface area (Å²) in [6.45, 7) is 2.11. The molecule has 2 bridgehead atoms. The number of allylic oxidation sites excluding steroid dienone is 1. The van der Waals surface area contributed by atoms with Gasteiger partial charge in [-0.3, -0.25) is 19.9 Å². The average Bonchev–Trinajstić information content (AvgIpc) is 3.17. The maximum absolute atomic E-state index is 12.4. The van der Waals surface area contributed by atoms with E-state index >= 15 is 0 Å². The fourth-order valence-electron chi connectivity index (χ4n) is 3.47. The van der Waals surface area contributed by atoms with Gasteiger partial charge in [0.05, 0.1) is 31.0 Å². The van der Waals surface area contributed by atoms with E-state index in [0.717, 1.165) is 17.7 Å². The molecule has 0 radical (unpaired) electrons. The highest BCUT2D eigenvalue weighted by atomic mass is 16.5. The van der Waals surface area contributed by atoms with Gasteiger partial charge in [-0.15, -0.1) is 0 Å². The number of nitrogens with one attached hydrogen (secondary N) is 2. The van der Waals surface area contributed by atoms with Gasteiger partial charge < -0.3 is 14.8 Å². The van der Waals surface area contributed by atoms with E-state index in [9.17, 15) is 14.4 Å². The van der Waals surface area contributed by atoms with Crippen molar-refractivity contribution in [2.45, 2.75) is 39.0 Å². The lowest BCUT2D eigenvalue weighted by Gasteiger charge is -2.17. The molecule has 1 unspecified atom stereocenters. The van der Waals surface area contributed by atoms with Gasteiger partial charge in [0, 0.05) is 29.8 Å². The van der Waals surface area contributed by atoms with E-state index in [1.54, 1.807) is 25.1 Å². The molecule has 2 aliphatic heterocycles. The summed E-state index contributed by atoms with van der Waals surface area (Å²) in [4.78, 5) is 41.0. The molecule has 8 heteroatoms. The van der Waals surface area contributed by atoms with Gasteiger partial charge in [0.15, 0.2) is 0 Å². The molecule has 1 aromatic carbocycles. The molecule has 0 aliphatic carbocycles. The van der Waals surface area contributed by atoms with E-state index in [1.807, 2.05) is 6.08 Å². The van der Waals surface area contributed by atoms with E-state index in [1.165, 1.54) is 7.11 Å². The summed E-state index contributed by atoms with van der Waals surface area (Å²) in [5.41, 5.74) is 3.25. The molecular weight excluding hydrogens is 374 g/mol. The number of ether oxygens (including phenoxy) is 2. The fourth-order valence-corrected chi connectivity index (χ4v) is 3.47. The van der Waals surface area contributed by atoms with Crippen molar-refractivity contribution in [3.05, 3.63) is 29.8 Å². The van der Waals surface area contributed by atoms with E-state index in [-0.39, 0.29) is 11.9 Å². The molecule has 0 saturated carbocycles. The Morgan fingerprint density at radius 2 is 2.14 bits per heavy atom. The Hall–Kier alpha value is -3.16. The van der Waals surface area contributed by atoms with Crippen molar-refractivity contribution in [1.82, 2.24) is 0 Å². The normalized spacial score (nSPS) is 18.8. The van der Waals surface area contributed by atoms with E-state index in [4.69, 9.17) is 9.73 Å². The van der Waals surface area contributed by atoms with E-state index in [0.29, 0.717) is 49.4 Å². The summed E-state index contributed by atoms with van der Waals surface area (Å²) >= 11 is 0. The number of methoxy groups -OCH3 is 1. The molecule has 2 N–H and O–H groups in total. The van der Waals surface area contributed by atoms with Crippen molar-refractivity contribution >= 4 is 40.8 Å². The minimum atomic E-state index is -0.595. The average molecular weight is 399 g/mol. The third-order valence-corrected chi connectivity index (χ3v) is 4.89. The molecule has 2 aliphatic rings. The third-order valence-electron chi connectivity index (χ3n) is 4.89. The number of hydrogen-bond acceptors (Lipinski definition) is 6. The van der Waals surface area contributed by atoms with Gasteiger partial charge in [0.2, 0.25) is 5.91 Å². The number of hydrogen-bond donors (Lipinski definition) is 2. The summed E-state index contributed by atoms with van der Waals surface area (Å²) in [7, 11) is 1.28. The van der Waals surface area contributed by atoms with Crippen LogP contribution in [0.1, 0.15) is 44.6 Å². The third kappa shape index (κ3) is 5.01. The van der Waals surface area contributed by atoms with Crippen LogP contribution in [0.5, 0.6) is 0 Å². The van der Waals surface area contributed by atoms with Crippen LogP contribution < -0.4 is 10.6 Å². The minimum Gasteiger partial charge on any atom is -0.465 e. The lowest BCUT2D eigenvalue weighted by molar-refractivity contribution is -0.145. The molecule has 0 fully saturated rings. The summed E-state index contributed by atoms with van der Waals surface area (Å²) in [6, 6.07) is 5.17. The van der Waals surface area contributed by atoms with Crippen LogP contribution in [0.25, 0.3) is 5.70 Å². The topological polar surface area (TPSA) is 106 Å². The Balaban J connectivity index is 1.96. The smallest absolute Gasteiger partial charge is 0.411 e. The Labute approximate surface area is 169 Å². The van der Waals surface area contributed by atoms with Crippen LogP contribution in [0.2, 0.25) is 0 Å². The predicted octanol–water partition coefficient (Wildman–Crippen LogP) is 3.74. The number of esters is 1. The van der Waals surface area contributed by atoms with Crippen LogP contribution >= 0.6 is 0 Å². The first-order valence-electron chi connectivity index (χ1n) is 9.75. The van der Waals surface area contributed by atoms with Crippen LogP contribution in [0.3, 0.4) is 0 Å². The van der Waals surface area contributed by atoms with Crippen molar-refractivity contribution in [3.8, 4) is 0 Å². The zero-order valence-corrected chi connectivity index (χ0v) is 16.6. The molecule has 8 nitrogen and oxygen atoms in total. The number of anilines is 2. The number of carbonyl (C=O) groups excluding carboxylic acids is 3. The number of amides is 2. The Kier molecular flexibility index (Phi) is 6.64. The first kappa shape index (κ1) is 20.6. The Morgan fingerprint density at radius 3 is 2.90 bits per heavy atom. The molecule has 0 saturated heterocycles. The second-order valence-electron chi connectivity index (χ2n) is 6.87. The van der Waals surface area contributed by atoms with Crippen LogP contribution in [0.4, 0.5) is 16.2 Å². The first-order valence-corrected chi connectivity index (χ1v) is 9.75. The predicted molar refractivity (Wildman–Crippen MR) is 110 cm³/mol. The largest absolute Gasteiger partial charge is 0.465 e. The molecule has 0 spiro atoms. The summed E-state index contributed by atoms with van der Waals surface area (Å²) < 4.78 is 9.86. The highest BCUT2D eigenvalue weighted by Crippen LogP contribution is 2.34. The number of rotatable bonds is 3. The fraction of sp³-hybridized carbons (Fsp3) is 0.429. The monoisotopic (exact) mass is 399 g/mol. The zero-order valence-electron chi connectivity index (χ0n) is 16.6. The van der Waals surface area contributed by atoms with Gasteiger partial charge in [-0.1, -0.05) is 12.5 Å². The molecule has 29 heavy (non-hydrogen) atoms. The maximum atomic E-state index is 12.4. The van der Waals surface area contributed by atoms with E-state index < -0.39 is 12.0 Å². The molecule has 2 amide bonds. The second-order valence-corrected chi connectivity index (χ2v) is 6.87. The summed E-state index contributed by atoms with van der Waals surface area (Å²) in [5, 5.41) is 5.51. The molecule has 2 heterocycles. The standard InChI is InChI=1S/C21H25N3O5/c1-3-29-20(26)15-6-4-5-7-19(25)24-18-12-13(22-21(27)28-2)8-9-14(18)16-10-11-17(15)23-16/h8-10,12,15H,3-7,11H2,1-2H3,(H,22,27)(H,24,25). The molecule has 154 valence electrons. The number of aliphatic imine (C=N–C) groups is 1. The first-order chi connectivity index (χ1) is 14.0. The second kappa shape index (κ2) is 9.36. The van der Waals surface area contributed by atoms with E-state index in [2.05, 4.69) is 15.4 Å². The number of carbonyl (C=O) groups is 3. The number of nitrogens with zero attached hydrogens (tertiary/aromatic N) is 1. The quantitative estimate of drug-likeness (QED) is 0.753. The van der Waals surface area contributed by atoms with Crippen molar-refractivity contribution in [2.75, 3.05) is 24.4 Å². The van der Waals surface area contributed by atoms with Gasteiger partial charge in [-0.2, -0.15) is 0 Å². The lowest BCUT2D eigenvalue weighted by atomic mass is 9.94. The highest BCUT2D eigenvalue weighted by Gasteiger charge is 2.28. The summed E-state index contributed by atoms with van der Waals surface area (Å²) in [6.07, 6.45) is 4.25. The van der Waals surface area contributed by atoms with Crippen molar-refractivity contribution < 1.29 is 23.9 Å².